The molecule has 0 N–H and O–H groups in total. The first-order valence-electron chi connectivity index (χ1n) is 3.24. The van der Waals surface area contributed by atoms with Crippen molar-refractivity contribution in [2.45, 2.75) is 6.92 Å². The van der Waals surface area contributed by atoms with Gasteiger partial charge in [-0.25, -0.2) is 13.9 Å². The SMILES string of the molecule is Cc1nc2cc(F)ccn2n1. The second-order valence-corrected chi connectivity index (χ2v) is 2.31. The molecule has 2 aromatic rings. The van der Waals surface area contributed by atoms with Crippen molar-refractivity contribution in [3.63, 3.8) is 0 Å². The van der Waals surface area contributed by atoms with Gasteiger partial charge in [-0.05, 0) is 13.0 Å². The normalized spacial score (nSPS) is 10.7. The fraction of sp³-hybridized carbons (Fsp3) is 0.143. The number of pyridine rings is 1. The van der Waals surface area contributed by atoms with Gasteiger partial charge in [-0.3, -0.25) is 0 Å². The maximum absolute atomic E-state index is 12.6. The third kappa shape index (κ3) is 0.960. The van der Waals surface area contributed by atoms with Gasteiger partial charge in [0.15, 0.2) is 5.65 Å². The number of aryl methyl sites for hydroxylation is 1. The van der Waals surface area contributed by atoms with Gasteiger partial charge < -0.3 is 0 Å². The van der Waals surface area contributed by atoms with Crippen LogP contribution in [0.1, 0.15) is 5.82 Å². The molecule has 0 saturated heterocycles. The lowest BCUT2D eigenvalue weighted by molar-refractivity contribution is 0.625. The van der Waals surface area contributed by atoms with Crippen molar-refractivity contribution in [1.82, 2.24) is 14.6 Å². The van der Waals surface area contributed by atoms with Gasteiger partial charge in [-0.15, -0.1) is 0 Å². The third-order valence-electron chi connectivity index (χ3n) is 1.41. The van der Waals surface area contributed by atoms with Crippen molar-refractivity contribution in [1.29, 1.82) is 0 Å². The van der Waals surface area contributed by atoms with E-state index in [1.165, 1.54) is 12.1 Å². The summed E-state index contributed by atoms with van der Waals surface area (Å²) >= 11 is 0. The van der Waals surface area contributed by atoms with Crippen molar-refractivity contribution >= 4 is 5.65 Å². The Labute approximate surface area is 62.5 Å². The maximum Gasteiger partial charge on any atom is 0.158 e. The van der Waals surface area contributed by atoms with Crippen molar-refractivity contribution < 1.29 is 4.39 Å². The average Bonchev–Trinajstić information content (AvgIpc) is 2.27. The minimum absolute atomic E-state index is 0.287. The summed E-state index contributed by atoms with van der Waals surface area (Å²) in [5.74, 6) is 0.362. The van der Waals surface area contributed by atoms with Crippen LogP contribution in [-0.4, -0.2) is 14.6 Å². The molecule has 0 unspecified atom stereocenters. The first-order valence-corrected chi connectivity index (χ1v) is 3.24. The average molecular weight is 151 g/mol. The Morgan fingerprint density at radius 2 is 2.36 bits per heavy atom. The minimum Gasteiger partial charge on any atom is -0.221 e. The van der Waals surface area contributed by atoms with Crippen molar-refractivity contribution in [2.75, 3.05) is 0 Å². The highest BCUT2D eigenvalue weighted by atomic mass is 19.1. The molecule has 56 valence electrons. The molecule has 2 heterocycles. The molecule has 2 rings (SSSR count). The number of fused-ring (bicyclic) bond motifs is 1. The number of rotatable bonds is 0. The van der Waals surface area contributed by atoms with E-state index in [-0.39, 0.29) is 5.82 Å². The predicted octanol–water partition coefficient (Wildman–Crippen LogP) is 1.18. The molecule has 0 saturated carbocycles. The summed E-state index contributed by atoms with van der Waals surface area (Å²) in [5, 5.41) is 3.99. The zero-order valence-electron chi connectivity index (χ0n) is 5.95. The van der Waals surface area contributed by atoms with E-state index in [2.05, 4.69) is 10.1 Å². The zero-order chi connectivity index (χ0) is 7.84. The van der Waals surface area contributed by atoms with E-state index in [4.69, 9.17) is 0 Å². The summed E-state index contributed by atoms with van der Waals surface area (Å²) in [6.07, 6.45) is 1.55. The van der Waals surface area contributed by atoms with E-state index in [1.807, 2.05) is 0 Å². The second-order valence-electron chi connectivity index (χ2n) is 2.31. The first kappa shape index (κ1) is 6.27. The predicted molar refractivity (Wildman–Crippen MR) is 37.7 cm³/mol. The van der Waals surface area contributed by atoms with Crippen LogP contribution in [0, 0.1) is 12.7 Å². The van der Waals surface area contributed by atoms with E-state index < -0.39 is 0 Å². The molecule has 0 aromatic carbocycles. The Balaban J connectivity index is 2.82. The Bertz CT molecular complexity index is 393. The molecule has 0 bridgehead atoms. The van der Waals surface area contributed by atoms with E-state index in [1.54, 1.807) is 17.6 Å². The smallest absolute Gasteiger partial charge is 0.158 e. The lowest BCUT2D eigenvalue weighted by Crippen LogP contribution is -1.86. The molecular weight excluding hydrogens is 145 g/mol. The monoisotopic (exact) mass is 151 g/mol. The quantitative estimate of drug-likeness (QED) is 0.565. The highest BCUT2D eigenvalue weighted by molar-refractivity contribution is 5.36. The van der Waals surface area contributed by atoms with Crippen LogP contribution in [0.5, 0.6) is 0 Å². The summed E-state index contributed by atoms with van der Waals surface area (Å²) in [7, 11) is 0. The largest absolute Gasteiger partial charge is 0.221 e. The number of nitrogens with zero attached hydrogens (tertiary/aromatic N) is 3. The Morgan fingerprint density at radius 3 is 3.18 bits per heavy atom. The zero-order valence-corrected chi connectivity index (χ0v) is 5.95. The first-order chi connectivity index (χ1) is 5.25. The summed E-state index contributed by atoms with van der Waals surface area (Å²) in [6.45, 7) is 1.77. The molecule has 0 radical (unpaired) electrons. The summed E-state index contributed by atoms with van der Waals surface area (Å²) < 4.78 is 14.1. The van der Waals surface area contributed by atoms with Crippen LogP contribution in [0.4, 0.5) is 4.39 Å². The summed E-state index contributed by atoms with van der Waals surface area (Å²) in [6, 6.07) is 2.70. The third-order valence-corrected chi connectivity index (χ3v) is 1.41. The highest BCUT2D eigenvalue weighted by Crippen LogP contribution is 2.02. The van der Waals surface area contributed by atoms with Gasteiger partial charge in [0, 0.05) is 12.3 Å². The van der Waals surface area contributed by atoms with Gasteiger partial charge >= 0.3 is 0 Å². The molecule has 3 nitrogen and oxygen atoms in total. The molecule has 0 spiro atoms. The molecule has 0 amide bonds. The van der Waals surface area contributed by atoms with Crippen LogP contribution in [0.25, 0.3) is 5.65 Å². The molecule has 0 fully saturated rings. The number of hydrogen-bond acceptors (Lipinski definition) is 2. The molecule has 4 heteroatoms. The van der Waals surface area contributed by atoms with Crippen LogP contribution in [0.3, 0.4) is 0 Å². The van der Waals surface area contributed by atoms with Crippen LogP contribution in [-0.2, 0) is 0 Å². The van der Waals surface area contributed by atoms with Gasteiger partial charge in [0.2, 0.25) is 0 Å². The number of aromatic nitrogens is 3. The van der Waals surface area contributed by atoms with E-state index in [0.29, 0.717) is 11.5 Å². The van der Waals surface area contributed by atoms with E-state index >= 15 is 0 Å². The van der Waals surface area contributed by atoms with Crippen LogP contribution < -0.4 is 0 Å². The van der Waals surface area contributed by atoms with Crippen LogP contribution >= 0.6 is 0 Å². The maximum atomic E-state index is 12.6. The van der Waals surface area contributed by atoms with Gasteiger partial charge in [0.1, 0.15) is 11.6 Å². The van der Waals surface area contributed by atoms with E-state index in [9.17, 15) is 4.39 Å². The van der Waals surface area contributed by atoms with E-state index in [0.717, 1.165) is 0 Å². The van der Waals surface area contributed by atoms with Crippen molar-refractivity contribution in [2.24, 2.45) is 0 Å². The van der Waals surface area contributed by atoms with Gasteiger partial charge in [-0.2, -0.15) is 5.10 Å². The molecular formula is C7H6FN3. The fourth-order valence-corrected chi connectivity index (χ4v) is 0.968. The molecule has 0 aliphatic heterocycles. The Kier molecular flexibility index (Phi) is 1.15. The molecule has 2 aromatic heterocycles. The standard InChI is InChI=1S/C7H6FN3/c1-5-9-7-4-6(8)2-3-11(7)10-5/h2-4H,1H3. The van der Waals surface area contributed by atoms with Gasteiger partial charge in [-0.1, -0.05) is 0 Å². The van der Waals surface area contributed by atoms with Gasteiger partial charge in [0.25, 0.3) is 0 Å². The minimum atomic E-state index is -0.287. The lowest BCUT2D eigenvalue weighted by Gasteiger charge is -1.88. The molecule has 11 heavy (non-hydrogen) atoms. The summed E-state index contributed by atoms with van der Waals surface area (Å²) in [4.78, 5) is 3.99. The molecule has 0 aliphatic carbocycles. The van der Waals surface area contributed by atoms with Crippen molar-refractivity contribution in [3.05, 3.63) is 30.0 Å². The molecule has 0 atom stereocenters. The Hall–Kier alpha value is -1.45. The summed E-state index contributed by atoms with van der Waals surface area (Å²) in [5.41, 5.74) is 0.544. The van der Waals surface area contributed by atoms with Crippen molar-refractivity contribution in [3.8, 4) is 0 Å². The van der Waals surface area contributed by atoms with Gasteiger partial charge in [0.05, 0.1) is 0 Å². The topological polar surface area (TPSA) is 30.2 Å². The number of hydrogen-bond donors (Lipinski definition) is 0. The lowest BCUT2D eigenvalue weighted by atomic mass is 10.5. The molecule has 0 aliphatic rings. The number of halogens is 1. The Morgan fingerprint density at radius 1 is 1.55 bits per heavy atom. The van der Waals surface area contributed by atoms with Crippen LogP contribution in [0.15, 0.2) is 18.3 Å². The second kappa shape index (κ2) is 2.02. The van der Waals surface area contributed by atoms with Crippen LogP contribution in [0.2, 0.25) is 0 Å². The highest BCUT2D eigenvalue weighted by Gasteiger charge is 1.98. The fourth-order valence-electron chi connectivity index (χ4n) is 0.968.